The van der Waals surface area contributed by atoms with Crippen molar-refractivity contribution in [3.05, 3.63) is 12.3 Å². The first-order valence-electron chi connectivity index (χ1n) is 4.20. The van der Waals surface area contributed by atoms with Crippen LogP contribution in [-0.4, -0.2) is 23.1 Å². The molecule has 0 aromatic carbocycles. The predicted octanol–water partition coefficient (Wildman–Crippen LogP) is 1.24. The van der Waals surface area contributed by atoms with E-state index in [1.54, 1.807) is 6.20 Å². The summed E-state index contributed by atoms with van der Waals surface area (Å²) in [5.74, 6) is 1.32. The van der Waals surface area contributed by atoms with E-state index in [9.17, 15) is 0 Å². The third kappa shape index (κ3) is 2.30. The second-order valence-electron chi connectivity index (χ2n) is 2.97. The van der Waals surface area contributed by atoms with Crippen LogP contribution in [0.1, 0.15) is 12.8 Å². The first-order chi connectivity index (χ1) is 5.86. The zero-order valence-electron chi connectivity index (χ0n) is 7.31. The predicted molar refractivity (Wildman–Crippen MR) is 58.2 cm³/mol. The Morgan fingerprint density at radius 3 is 2.62 bits per heavy atom. The lowest BCUT2D eigenvalue weighted by Crippen LogP contribution is -2.19. The van der Waals surface area contributed by atoms with Crippen LogP contribution in [0.3, 0.4) is 0 Å². The molecule has 13 heavy (non-hydrogen) atoms. The summed E-state index contributed by atoms with van der Waals surface area (Å²) in [4.78, 5) is 10.2. The molecule has 1 aliphatic heterocycles. The van der Waals surface area contributed by atoms with Crippen LogP contribution in [0.4, 0.5) is 11.8 Å². The highest BCUT2D eigenvalue weighted by atomic mass is 79.9. The molecule has 0 atom stereocenters. The summed E-state index contributed by atoms with van der Waals surface area (Å²) in [5, 5.41) is 0. The third-order valence-electron chi connectivity index (χ3n) is 2.09. The van der Waals surface area contributed by atoms with Crippen molar-refractivity contribution in [2.24, 2.45) is 0 Å². The maximum Gasteiger partial charge on any atom is 0.221 e. The van der Waals surface area contributed by atoms with E-state index in [0.29, 0.717) is 5.95 Å². The van der Waals surface area contributed by atoms with Crippen LogP contribution in [-0.2, 0) is 0 Å². The van der Waals surface area contributed by atoms with Crippen LogP contribution in [0.5, 0.6) is 0 Å². The van der Waals surface area contributed by atoms with Gasteiger partial charge in [0.1, 0.15) is 5.82 Å². The van der Waals surface area contributed by atoms with Gasteiger partial charge in [0.15, 0.2) is 0 Å². The van der Waals surface area contributed by atoms with Gasteiger partial charge >= 0.3 is 0 Å². The molecule has 1 fully saturated rings. The van der Waals surface area contributed by atoms with Crippen molar-refractivity contribution >= 4 is 28.7 Å². The molecule has 5 heteroatoms. The molecule has 0 aliphatic carbocycles. The van der Waals surface area contributed by atoms with E-state index < -0.39 is 0 Å². The van der Waals surface area contributed by atoms with Crippen LogP contribution in [0.2, 0.25) is 0 Å². The SMILES string of the molecule is Br.Nc1nccc(N2CCCC2)n1. The Bertz CT molecular complexity index is 273. The Morgan fingerprint density at radius 2 is 2.00 bits per heavy atom. The molecule has 72 valence electrons. The normalized spacial score (nSPS) is 15.5. The third-order valence-corrected chi connectivity index (χ3v) is 2.09. The smallest absolute Gasteiger partial charge is 0.221 e. The van der Waals surface area contributed by atoms with Gasteiger partial charge in [0.25, 0.3) is 0 Å². The van der Waals surface area contributed by atoms with Gasteiger partial charge in [-0.1, -0.05) is 0 Å². The Hall–Kier alpha value is -0.840. The molecule has 0 unspecified atom stereocenters. The standard InChI is InChI=1S/C8H12N4.BrH/c9-8-10-4-3-7(11-8)12-5-1-2-6-12;/h3-4H,1-2,5-6H2,(H2,9,10,11);1H. The lowest BCUT2D eigenvalue weighted by Gasteiger charge is -2.15. The second-order valence-corrected chi connectivity index (χ2v) is 2.97. The molecule has 0 bridgehead atoms. The molecule has 2 heterocycles. The minimum atomic E-state index is 0. The fourth-order valence-corrected chi connectivity index (χ4v) is 1.49. The molecule has 0 spiro atoms. The average Bonchev–Trinajstić information content (AvgIpc) is 2.56. The lowest BCUT2D eigenvalue weighted by atomic mass is 10.4. The summed E-state index contributed by atoms with van der Waals surface area (Å²) < 4.78 is 0. The summed E-state index contributed by atoms with van der Waals surface area (Å²) in [7, 11) is 0. The summed E-state index contributed by atoms with van der Waals surface area (Å²) in [6.45, 7) is 2.19. The quantitative estimate of drug-likeness (QED) is 0.808. The van der Waals surface area contributed by atoms with E-state index in [1.165, 1.54) is 12.8 Å². The van der Waals surface area contributed by atoms with Crippen molar-refractivity contribution in [3.8, 4) is 0 Å². The highest BCUT2D eigenvalue weighted by molar-refractivity contribution is 8.93. The molecule has 0 amide bonds. The van der Waals surface area contributed by atoms with Crippen LogP contribution in [0, 0.1) is 0 Å². The number of nitrogens with two attached hydrogens (primary N) is 1. The fourth-order valence-electron chi connectivity index (χ4n) is 1.49. The van der Waals surface area contributed by atoms with E-state index in [-0.39, 0.29) is 17.0 Å². The van der Waals surface area contributed by atoms with Gasteiger partial charge in [0.05, 0.1) is 0 Å². The number of aromatic nitrogens is 2. The van der Waals surface area contributed by atoms with Gasteiger partial charge in [0, 0.05) is 19.3 Å². The van der Waals surface area contributed by atoms with Crippen LogP contribution < -0.4 is 10.6 Å². The molecular weight excluding hydrogens is 232 g/mol. The zero-order valence-corrected chi connectivity index (χ0v) is 9.02. The number of anilines is 2. The van der Waals surface area contributed by atoms with Gasteiger partial charge in [-0.3, -0.25) is 0 Å². The van der Waals surface area contributed by atoms with E-state index in [1.807, 2.05) is 6.07 Å². The van der Waals surface area contributed by atoms with Crippen molar-refractivity contribution < 1.29 is 0 Å². The first-order valence-corrected chi connectivity index (χ1v) is 4.20. The number of halogens is 1. The summed E-state index contributed by atoms with van der Waals surface area (Å²) in [6.07, 6.45) is 4.21. The molecule has 2 N–H and O–H groups in total. The van der Waals surface area contributed by atoms with E-state index in [0.717, 1.165) is 18.9 Å². The molecule has 0 saturated carbocycles. The average molecular weight is 245 g/mol. The minimum absolute atomic E-state index is 0. The number of hydrogen-bond donors (Lipinski definition) is 1. The summed E-state index contributed by atoms with van der Waals surface area (Å²) in [6, 6.07) is 1.90. The van der Waals surface area contributed by atoms with Gasteiger partial charge in [-0.15, -0.1) is 17.0 Å². The van der Waals surface area contributed by atoms with Crippen molar-refractivity contribution in [1.82, 2.24) is 9.97 Å². The zero-order chi connectivity index (χ0) is 8.39. The highest BCUT2D eigenvalue weighted by Crippen LogP contribution is 2.16. The number of rotatable bonds is 1. The summed E-state index contributed by atoms with van der Waals surface area (Å²) in [5.41, 5.74) is 5.48. The van der Waals surface area contributed by atoms with Crippen LogP contribution in [0.15, 0.2) is 12.3 Å². The lowest BCUT2D eigenvalue weighted by molar-refractivity contribution is 0.931. The number of nitrogen functional groups attached to an aromatic ring is 1. The Kier molecular flexibility index (Phi) is 3.48. The van der Waals surface area contributed by atoms with Crippen molar-refractivity contribution in [2.45, 2.75) is 12.8 Å². The Balaban J connectivity index is 0.000000845. The number of hydrogen-bond acceptors (Lipinski definition) is 4. The van der Waals surface area contributed by atoms with Crippen molar-refractivity contribution in [1.29, 1.82) is 0 Å². The van der Waals surface area contributed by atoms with Gasteiger partial charge in [0.2, 0.25) is 5.95 Å². The monoisotopic (exact) mass is 244 g/mol. The Labute approximate surface area is 87.9 Å². The highest BCUT2D eigenvalue weighted by Gasteiger charge is 2.12. The fraction of sp³-hybridized carbons (Fsp3) is 0.500. The van der Waals surface area contributed by atoms with Gasteiger partial charge in [-0.05, 0) is 18.9 Å². The Morgan fingerprint density at radius 1 is 1.31 bits per heavy atom. The van der Waals surface area contributed by atoms with Gasteiger partial charge in [-0.25, -0.2) is 4.98 Å². The molecule has 1 aliphatic rings. The molecule has 1 aromatic heterocycles. The molecular formula is C8H13BrN4. The molecule has 1 saturated heterocycles. The van der Waals surface area contributed by atoms with Crippen LogP contribution in [0.25, 0.3) is 0 Å². The van der Waals surface area contributed by atoms with Crippen LogP contribution >= 0.6 is 17.0 Å². The van der Waals surface area contributed by atoms with Crippen molar-refractivity contribution in [3.63, 3.8) is 0 Å². The minimum Gasteiger partial charge on any atom is -0.368 e. The molecule has 2 rings (SSSR count). The van der Waals surface area contributed by atoms with E-state index >= 15 is 0 Å². The largest absolute Gasteiger partial charge is 0.368 e. The molecule has 4 nitrogen and oxygen atoms in total. The van der Waals surface area contributed by atoms with Gasteiger partial charge < -0.3 is 10.6 Å². The maximum absolute atomic E-state index is 5.48. The maximum atomic E-state index is 5.48. The topological polar surface area (TPSA) is 55.0 Å². The molecule has 1 aromatic rings. The van der Waals surface area contributed by atoms with Crippen molar-refractivity contribution in [2.75, 3.05) is 23.7 Å². The van der Waals surface area contributed by atoms with E-state index in [2.05, 4.69) is 14.9 Å². The first kappa shape index (κ1) is 10.2. The number of nitrogens with zero attached hydrogens (tertiary/aromatic N) is 3. The second kappa shape index (κ2) is 4.41. The van der Waals surface area contributed by atoms with Gasteiger partial charge in [-0.2, -0.15) is 4.98 Å². The molecule has 0 radical (unpaired) electrons. The van der Waals surface area contributed by atoms with E-state index in [4.69, 9.17) is 5.73 Å². The summed E-state index contributed by atoms with van der Waals surface area (Å²) >= 11 is 0.